The van der Waals surface area contributed by atoms with Crippen molar-refractivity contribution < 1.29 is 0 Å². The van der Waals surface area contributed by atoms with E-state index in [0.717, 1.165) is 22.5 Å². The van der Waals surface area contributed by atoms with Gasteiger partial charge in [-0.1, -0.05) is 17.7 Å². The van der Waals surface area contributed by atoms with Gasteiger partial charge in [-0.05, 0) is 36.8 Å². The van der Waals surface area contributed by atoms with Gasteiger partial charge in [0.1, 0.15) is 5.69 Å². The van der Waals surface area contributed by atoms with E-state index in [9.17, 15) is 0 Å². The van der Waals surface area contributed by atoms with E-state index in [1.807, 2.05) is 37.3 Å². The maximum Gasteiger partial charge on any atom is 0.117 e. The molecule has 0 aliphatic carbocycles. The van der Waals surface area contributed by atoms with Crippen LogP contribution in [0.4, 0.5) is 5.69 Å². The van der Waals surface area contributed by atoms with Crippen molar-refractivity contribution in [1.82, 2.24) is 14.8 Å². The lowest BCUT2D eigenvalue weighted by atomic mass is 10.2. The molecule has 2 aromatic heterocycles. The first-order valence-corrected chi connectivity index (χ1v) is 6.55. The highest BCUT2D eigenvalue weighted by atomic mass is 35.5. The van der Waals surface area contributed by atoms with Crippen LogP contribution in [0.15, 0.2) is 48.9 Å². The normalized spacial score (nSPS) is 10.7. The second kappa shape index (κ2) is 4.98. The van der Waals surface area contributed by atoms with Gasteiger partial charge < -0.3 is 5.73 Å². The zero-order valence-electron chi connectivity index (χ0n) is 10.9. The number of halogens is 1. The average molecular weight is 285 g/mol. The van der Waals surface area contributed by atoms with Crippen LogP contribution in [-0.2, 0) is 0 Å². The molecule has 1 aromatic carbocycles. The lowest BCUT2D eigenvalue weighted by Gasteiger charge is -2.03. The molecule has 2 N–H and O–H groups in total. The molecule has 20 heavy (non-hydrogen) atoms. The number of nitrogens with two attached hydrogens (primary N) is 1. The quantitative estimate of drug-likeness (QED) is 0.784. The third kappa shape index (κ3) is 2.26. The zero-order chi connectivity index (χ0) is 14.1. The maximum atomic E-state index is 6.14. The minimum atomic E-state index is 0.606. The Morgan fingerprint density at radius 3 is 2.80 bits per heavy atom. The first-order chi connectivity index (χ1) is 9.65. The van der Waals surface area contributed by atoms with Gasteiger partial charge in [-0.2, -0.15) is 5.10 Å². The standard InChI is InChI=1S/C15H13ClN4/c1-10-4-5-12(7-13(10)16)20-9-14(17)15(19-20)11-3-2-6-18-8-11/h2-9H,17H2,1H3. The molecule has 0 bridgehead atoms. The van der Waals surface area contributed by atoms with Crippen molar-refractivity contribution in [2.45, 2.75) is 6.92 Å². The van der Waals surface area contributed by atoms with E-state index in [4.69, 9.17) is 17.3 Å². The summed E-state index contributed by atoms with van der Waals surface area (Å²) in [6, 6.07) is 9.57. The molecule has 0 atom stereocenters. The van der Waals surface area contributed by atoms with Crippen molar-refractivity contribution in [2.24, 2.45) is 0 Å². The van der Waals surface area contributed by atoms with Gasteiger partial charge in [0.2, 0.25) is 0 Å². The minimum absolute atomic E-state index is 0.606. The van der Waals surface area contributed by atoms with Gasteiger partial charge >= 0.3 is 0 Å². The summed E-state index contributed by atoms with van der Waals surface area (Å²) in [5, 5.41) is 5.22. The molecule has 0 amide bonds. The molecule has 3 rings (SSSR count). The van der Waals surface area contributed by atoms with Crippen molar-refractivity contribution in [1.29, 1.82) is 0 Å². The summed E-state index contributed by atoms with van der Waals surface area (Å²) in [5.74, 6) is 0. The van der Waals surface area contributed by atoms with E-state index in [0.29, 0.717) is 10.7 Å². The van der Waals surface area contributed by atoms with Crippen LogP contribution in [0.3, 0.4) is 0 Å². The maximum absolute atomic E-state index is 6.14. The molecule has 0 radical (unpaired) electrons. The highest BCUT2D eigenvalue weighted by molar-refractivity contribution is 6.31. The number of hydrogen-bond acceptors (Lipinski definition) is 3. The number of nitrogens with zero attached hydrogens (tertiary/aromatic N) is 3. The monoisotopic (exact) mass is 284 g/mol. The Morgan fingerprint density at radius 1 is 1.25 bits per heavy atom. The fourth-order valence-corrected chi connectivity index (χ4v) is 2.15. The van der Waals surface area contributed by atoms with E-state index in [2.05, 4.69) is 10.1 Å². The summed E-state index contributed by atoms with van der Waals surface area (Å²) in [6.07, 6.45) is 5.24. The molecule has 0 unspecified atom stereocenters. The van der Waals surface area contributed by atoms with Gasteiger partial charge in [-0.25, -0.2) is 4.68 Å². The molecule has 100 valence electrons. The molecular formula is C15H13ClN4. The Hall–Kier alpha value is -2.33. The molecule has 4 nitrogen and oxygen atoms in total. The highest BCUT2D eigenvalue weighted by Crippen LogP contribution is 2.26. The largest absolute Gasteiger partial charge is 0.396 e. The molecule has 3 aromatic rings. The van der Waals surface area contributed by atoms with Crippen molar-refractivity contribution in [3.05, 3.63) is 59.5 Å². The average Bonchev–Trinajstić information content (AvgIpc) is 2.85. The smallest absolute Gasteiger partial charge is 0.117 e. The van der Waals surface area contributed by atoms with E-state index in [-0.39, 0.29) is 0 Å². The van der Waals surface area contributed by atoms with Crippen LogP contribution < -0.4 is 5.73 Å². The summed E-state index contributed by atoms with van der Waals surface area (Å²) < 4.78 is 1.73. The molecule has 2 heterocycles. The van der Waals surface area contributed by atoms with E-state index >= 15 is 0 Å². The van der Waals surface area contributed by atoms with Crippen LogP contribution in [0.25, 0.3) is 16.9 Å². The summed E-state index contributed by atoms with van der Waals surface area (Å²) in [7, 11) is 0. The number of anilines is 1. The minimum Gasteiger partial charge on any atom is -0.396 e. The molecule has 5 heteroatoms. The first-order valence-electron chi connectivity index (χ1n) is 6.17. The summed E-state index contributed by atoms with van der Waals surface area (Å²) in [4.78, 5) is 4.08. The van der Waals surface area contributed by atoms with Gasteiger partial charge in [0.05, 0.1) is 17.6 Å². The van der Waals surface area contributed by atoms with E-state index in [1.54, 1.807) is 23.3 Å². The predicted molar refractivity (Wildman–Crippen MR) is 81.0 cm³/mol. The van der Waals surface area contributed by atoms with E-state index < -0.39 is 0 Å². The topological polar surface area (TPSA) is 56.7 Å². The molecular weight excluding hydrogens is 272 g/mol. The predicted octanol–water partition coefficient (Wildman–Crippen LogP) is 3.48. The van der Waals surface area contributed by atoms with Crippen molar-refractivity contribution >= 4 is 17.3 Å². The summed E-state index contributed by atoms with van der Waals surface area (Å²) in [6.45, 7) is 1.96. The third-order valence-electron chi connectivity index (χ3n) is 3.10. The second-order valence-electron chi connectivity index (χ2n) is 4.55. The SMILES string of the molecule is Cc1ccc(-n2cc(N)c(-c3cccnc3)n2)cc1Cl. The number of pyridine rings is 1. The Kier molecular flexibility index (Phi) is 3.16. The van der Waals surface area contributed by atoms with Crippen molar-refractivity contribution in [3.63, 3.8) is 0 Å². The Morgan fingerprint density at radius 2 is 2.10 bits per heavy atom. The van der Waals surface area contributed by atoms with Crippen molar-refractivity contribution in [3.8, 4) is 16.9 Å². The summed E-state index contributed by atoms with van der Waals surface area (Å²) >= 11 is 6.14. The molecule has 0 saturated carbocycles. The number of benzene rings is 1. The van der Waals surface area contributed by atoms with Crippen LogP contribution in [0.5, 0.6) is 0 Å². The number of hydrogen-bond donors (Lipinski definition) is 1. The zero-order valence-corrected chi connectivity index (χ0v) is 11.7. The molecule has 0 spiro atoms. The number of aromatic nitrogens is 3. The fraction of sp³-hybridized carbons (Fsp3) is 0.0667. The number of rotatable bonds is 2. The van der Waals surface area contributed by atoms with Crippen LogP contribution in [-0.4, -0.2) is 14.8 Å². The van der Waals surface area contributed by atoms with Crippen LogP contribution >= 0.6 is 11.6 Å². The Balaban J connectivity index is 2.06. The Labute approximate surface area is 121 Å². The number of aryl methyl sites for hydroxylation is 1. The van der Waals surface area contributed by atoms with Crippen LogP contribution in [0.1, 0.15) is 5.56 Å². The molecule has 0 aliphatic rings. The third-order valence-corrected chi connectivity index (χ3v) is 3.50. The fourth-order valence-electron chi connectivity index (χ4n) is 1.97. The van der Waals surface area contributed by atoms with E-state index in [1.165, 1.54) is 0 Å². The Bertz CT molecular complexity index is 750. The number of nitrogen functional groups attached to an aromatic ring is 1. The van der Waals surface area contributed by atoms with Gasteiger partial charge in [-0.15, -0.1) is 0 Å². The molecule has 0 aliphatic heterocycles. The van der Waals surface area contributed by atoms with Gasteiger partial charge in [-0.3, -0.25) is 4.98 Å². The van der Waals surface area contributed by atoms with Crippen LogP contribution in [0, 0.1) is 6.92 Å². The van der Waals surface area contributed by atoms with Gasteiger partial charge in [0.15, 0.2) is 0 Å². The lowest BCUT2D eigenvalue weighted by molar-refractivity contribution is 0.883. The van der Waals surface area contributed by atoms with Gasteiger partial charge in [0.25, 0.3) is 0 Å². The lowest BCUT2D eigenvalue weighted by Crippen LogP contribution is -1.95. The highest BCUT2D eigenvalue weighted by Gasteiger charge is 2.10. The second-order valence-corrected chi connectivity index (χ2v) is 4.96. The summed E-state index contributed by atoms with van der Waals surface area (Å²) in [5.41, 5.74) is 10.2. The van der Waals surface area contributed by atoms with Gasteiger partial charge in [0, 0.05) is 23.0 Å². The van der Waals surface area contributed by atoms with Crippen molar-refractivity contribution in [2.75, 3.05) is 5.73 Å². The molecule has 0 fully saturated rings. The first kappa shape index (κ1) is 12.7. The molecule has 0 saturated heterocycles. The van der Waals surface area contributed by atoms with Crippen LogP contribution in [0.2, 0.25) is 5.02 Å².